The first-order valence-corrected chi connectivity index (χ1v) is 7.29. The van der Waals surface area contributed by atoms with Gasteiger partial charge in [-0.25, -0.2) is 0 Å². The molecule has 0 aliphatic carbocycles. The molecule has 0 spiro atoms. The van der Waals surface area contributed by atoms with Crippen molar-refractivity contribution < 1.29 is 4.74 Å². The van der Waals surface area contributed by atoms with Crippen molar-refractivity contribution in [2.24, 2.45) is 0 Å². The van der Waals surface area contributed by atoms with Gasteiger partial charge in [-0.15, -0.1) is 0 Å². The summed E-state index contributed by atoms with van der Waals surface area (Å²) in [5.74, 6) is 0. The van der Waals surface area contributed by atoms with Gasteiger partial charge in [0.2, 0.25) is 0 Å². The molecular weight excluding hydrogens is 240 g/mol. The van der Waals surface area contributed by atoms with Gasteiger partial charge < -0.3 is 15.4 Å². The minimum absolute atomic E-state index is 0.507. The molecule has 2 unspecified atom stereocenters. The van der Waals surface area contributed by atoms with Crippen LogP contribution < -0.4 is 10.6 Å². The first kappa shape index (κ1) is 14.5. The first-order chi connectivity index (χ1) is 9.25. The number of nitrogens with one attached hydrogen (secondary N) is 3. The van der Waals surface area contributed by atoms with Gasteiger partial charge in [-0.3, -0.25) is 5.10 Å². The predicted octanol–water partition coefficient (Wildman–Crippen LogP) is 1.01. The number of hydrogen-bond donors (Lipinski definition) is 3. The zero-order valence-electron chi connectivity index (χ0n) is 12.0. The number of aryl methyl sites for hydroxylation is 2. The van der Waals surface area contributed by atoms with Crippen LogP contribution in [0.1, 0.15) is 31.0 Å². The molecular formula is C14H26N4O. The maximum absolute atomic E-state index is 5.47. The van der Waals surface area contributed by atoms with Gasteiger partial charge in [0.1, 0.15) is 0 Å². The summed E-state index contributed by atoms with van der Waals surface area (Å²) in [5, 5.41) is 14.1. The van der Waals surface area contributed by atoms with E-state index in [9.17, 15) is 0 Å². The summed E-state index contributed by atoms with van der Waals surface area (Å²) in [6.07, 6.45) is 5.30. The number of nitrogens with zero attached hydrogens (tertiary/aromatic N) is 1. The fraction of sp³-hybridized carbons (Fsp3) is 0.786. The van der Waals surface area contributed by atoms with E-state index in [1.54, 1.807) is 0 Å². The van der Waals surface area contributed by atoms with Crippen LogP contribution in [0.2, 0.25) is 0 Å². The molecule has 19 heavy (non-hydrogen) atoms. The molecule has 1 aromatic rings. The molecule has 1 fully saturated rings. The number of rotatable bonds is 7. The molecule has 1 aliphatic heterocycles. The topological polar surface area (TPSA) is 62.0 Å². The van der Waals surface area contributed by atoms with Gasteiger partial charge >= 0.3 is 0 Å². The van der Waals surface area contributed by atoms with Crippen LogP contribution >= 0.6 is 0 Å². The third kappa shape index (κ3) is 4.93. The molecule has 5 nitrogen and oxygen atoms in total. The zero-order chi connectivity index (χ0) is 13.5. The minimum Gasteiger partial charge on any atom is -0.379 e. The lowest BCUT2D eigenvalue weighted by Gasteiger charge is -2.26. The Morgan fingerprint density at radius 1 is 1.58 bits per heavy atom. The molecule has 0 radical (unpaired) electrons. The van der Waals surface area contributed by atoms with Gasteiger partial charge in [0, 0.05) is 24.3 Å². The van der Waals surface area contributed by atoms with E-state index in [0.29, 0.717) is 12.1 Å². The highest BCUT2D eigenvalue weighted by molar-refractivity contribution is 5.14. The molecule has 2 rings (SSSR count). The zero-order valence-corrected chi connectivity index (χ0v) is 12.0. The van der Waals surface area contributed by atoms with E-state index in [4.69, 9.17) is 4.74 Å². The highest BCUT2D eigenvalue weighted by Gasteiger charge is 2.15. The molecule has 1 aromatic heterocycles. The van der Waals surface area contributed by atoms with Crippen LogP contribution in [0.15, 0.2) is 6.20 Å². The van der Waals surface area contributed by atoms with E-state index in [2.05, 4.69) is 34.7 Å². The molecule has 108 valence electrons. The summed E-state index contributed by atoms with van der Waals surface area (Å²) in [6, 6.07) is 1.04. The van der Waals surface area contributed by atoms with Gasteiger partial charge in [0.15, 0.2) is 0 Å². The Labute approximate surface area is 115 Å². The number of aromatic nitrogens is 2. The van der Waals surface area contributed by atoms with Crippen molar-refractivity contribution in [3.05, 3.63) is 17.5 Å². The highest BCUT2D eigenvalue weighted by Crippen LogP contribution is 2.06. The third-order valence-electron chi connectivity index (χ3n) is 3.69. The number of ether oxygens (including phenoxy) is 1. The lowest BCUT2D eigenvalue weighted by Crippen LogP contribution is -2.45. The normalized spacial score (nSPS) is 21.5. The summed E-state index contributed by atoms with van der Waals surface area (Å²) in [4.78, 5) is 0. The Hall–Kier alpha value is -0.910. The smallest absolute Gasteiger partial charge is 0.0620 e. The summed E-state index contributed by atoms with van der Waals surface area (Å²) >= 11 is 0. The van der Waals surface area contributed by atoms with Gasteiger partial charge in [-0.05, 0) is 45.2 Å². The van der Waals surface area contributed by atoms with E-state index in [0.717, 1.165) is 45.6 Å². The van der Waals surface area contributed by atoms with Crippen molar-refractivity contribution in [2.45, 2.75) is 45.2 Å². The fourth-order valence-electron chi connectivity index (χ4n) is 2.54. The highest BCUT2D eigenvalue weighted by atomic mass is 16.5. The Morgan fingerprint density at radius 3 is 3.16 bits per heavy atom. The number of H-pyrrole nitrogens is 1. The molecule has 0 saturated carbocycles. The molecule has 0 bridgehead atoms. The van der Waals surface area contributed by atoms with E-state index >= 15 is 0 Å². The molecule has 2 heterocycles. The molecule has 0 amide bonds. The predicted molar refractivity (Wildman–Crippen MR) is 76.3 cm³/mol. The van der Waals surface area contributed by atoms with Crippen molar-refractivity contribution in [1.82, 2.24) is 20.8 Å². The Morgan fingerprint density at radius 2 is 2.47 bits per heavy atom. The van der Waals surface area contributed by atoms with E-state index in [1.165, 1.54) is 11.3 Å². The summed E-state index contributed by atoms with van der Waals surface area (Å²) in [6.45, 7) is 8.06. The monoisotopic (exact) mass is 266 g/mol. The average Bonchev–Trinajstić information content (AvgIpc) is 2.81. The second kappa shape index (κ2) is 7.62. The SMILES string of the molecule is Cc1[nH]ncc1CCCNC(C)CC1COCCN1. The molecule has 5 heteroatoms. The standard InChI is InChI=1S/C14H26N4O/c1-11(8-14-10-19-7-6-16-14)15-5-3-4-13-9-17-18-12(13)2/h9,11,14-16H,3-8,10H2,1-2H3,(H,17,18). The largest absolute Gasteiger partial charge is 0.379 e. The maximum atomic E-state index is 5.47. The van der Waals surface area contributed by atoms with Crippen LogP contribution in [0.25, 0.3) is 0 Å². The van der Waals surface area contributed by atoms with Gasteiger partial charge in [-0.2, -0.15) is 5.10 Å². The van der Waals surface area contributed by atoms with Gasteiger partial charge in [-0.1, -0.05) is 0 Å². The Kier molecular flexibility index (Phi) is 5.82. The van der Waals surface area contributed by atoms with Crippen molar-refractivity contribution in [3.63, 3.8) is 0 Å². The lowest BCUT2D eigenvalue weighted by atomic mass is 10.1. The molecule has 3 N–H and O–H groups in total. The van der Waals surface area contributed by atoms with Gasteiger partial charge in [0.05, 0.1) is 19.4 Å². The Bertz CT molecular complexity index is 360. The number of hydrogen-bond acceptors (Lipinski definition) is 4. The van der Waals surface area contributed by atoms with E-state index in [-0.39, 0.29) is 0 Å². The van der Waals surface area contributed by atoms with Crippen molar-refractivity contribution in [3.8, 4) is 0 Å². The molecule has 1 aliphatic rings. The van der Waals surface area contributed by atoms with Crippen LogP contribution in [-0.2, 0) is 11.2 Å². The average molecular weight is 266 g/mol. The second-order valence-corrected chi connectivity index (χ2v) is 5.44. The van der Waals surface area contributed by atoms with Crippen molar-refractivity contribution in [1.29, 1.82) is 0 Å². The Balaban J connectivity index is 1.56. The van der Waals surface area contributed by atoms with Gasteiger partial charge in [0.25, 0.3) is 0 Å². The van der Waals surface area contributed by atoms with E-state index in [1.807, 2.05) is 6.20 Å². The third-order valence-corrected chi connectivity index (χ3v) is 3.69. The summed E-state index contributed by atoms with van der Waals surface area (Å²) in [5.41, 5.74) is 2.52. The van der Waals surface area contributed by atoms with E-state index < -0.39 is 0 Å². The summed E-state index contributed by atoms with van der Waals surface area (Å²) < 4.78 is 5.47. The van der Waals surface area contributed by atoms with Crippen molar-refractivity contribution in [2.75, 3.05) is 26.3 Å². The minimum atomic E-state index is 0.507. The maximum Gasteiger partial charge on any atom is 0.0620 e. The van der Waals surface area contributed by atoms with Crippen LogP contribution in [0.3, 0.4) is 0 Å². The molecule has 0 aromatic carbocycles. The van der Waals surface area contributed by atoms with Crippen LogP contribution in [0.5, 0.6) is 0 Å². The second-order valence-electron chi connectivity index (χ2n) is 5.44. The number of morpholine rings is 1. The quantitative estimate of drug-likeness (QED) is 0.645. The number of aromatic amines is 1. The first-order valence-electron chi connectivity index (χ1n) is 7.29. The lowest BCUT2D eigenvalue weighted by molar-refractivity contribution is 0.0712. The fourth-order valence-corrected chi connectivity index (χ4v) is 2.54. The van der Waals surface area contributed by atoms with Crippen molar-refractivity contribution >= 4 is 0 Å². The van der Waals surface area contributed by atoms with Crippen LogP contribution in [0, 0.1) is 6.92 Å². The molecule has 1 saturated heterocycles. The van der Waals surface area contributed by atoms with Crippen LogP contribution in [-0.4, -0.2) is 48.6 Å². The molecule has 2 atom stereocenters. The summed E-state index contributed by atoms with van der Waals surface area (Å²) in [7, 11) is 0. The van der Waals surface area contributed by atoms with Crippen LogP contribution in [0.4, 0.5) is 0 Å².